The van der Waals surface area contributed by atoms with E-state index in [1.807, 2.05) is 0 Å². The number of nitrogens with two attached hydrogens (primary N) is 1. The molecular weight excluding hydrogens is 284 g/mol. The van der Waals surface area contributed by atoms with Crippen LogP contribution in [0.4, 0.5) is 0 Å². The van der Waals surface area contributed by atoms with Crippen LogP contribution in [0.3, 0.4) is 0 Å². The van der Waals surface area contributed by atoms with E-state index in [-0.39, 0.29) is 6.04 Å². The van der Waals surface area contributed by atoms with Gasteiger partial charge >= 0.3 is 0 Å². The lowest BCUT2D eigenvalue weighted by Gasteiger charge is -2.15. The van der Waals surface area contributed by atoms with Crippen molar-refractivity contribution in [3.8, 4) is 0 Å². The van der Waals surface area contributed by atoms with E-state index in [4.69, 9.17) is 5.84 Å². The molecule has 0 saturated carbocycles. The first kappa shape index (κ1) is 11.8. The summed E-state index contributed by atoms with van der Waals surface area (Å²) in [6.07, 6.45) is 0. The van der Waals surface area contributed by atoms with Crippen molar-refractivity contribution in [1.82, 2.24) is 5.43 Å². The van der Waals surface area contributed by atoms with Crippen molar-refractivity contribution in [2.45, 2.75) is 13.0 Å². The zero-order chi connectivity index (χ0) is 11.5. The molecule has 2 rings (SSSR count). The molecule has 2 aromatic rings. The summed E-state index contributed by atoms with van der Waals surface area (Å²) in [6, 6.07) is 10.6. The molecule has 0 radical (unpaired) electrons. The minimum Gasteiger partial charge on any atom is -0.271 e. The Balaban J connectivity index is 2.32. The predicted octanol–water partition coefficient (Wildman–Crippen LogP) is 3.37. The number of hydrogen-bond donors (Lipinski definition) is 2. The quantitative estimate of drug-likeness (QED) is 0.673. The zero-order valence-electron chi connectivity index (χ0n) is 8.91. The summed E-state index contributed by atoms with van der Waals surface area (Å²) in [7, 11) is 0. The molecule has 16 heavy (non-hydrogen) atoms. The van der Waals surface area contributed by atoms with Crippen molar-refractivity contribution >= 4 is 27.3 Å². The number of rotatable bonds is 3. The van der Waals surface area contributed by atoms with Crippen molar-refractivity contribution in [3.05, 3.63) is 56.2 Å². The first-order chi connectivity index (χ1) is 7.70. The normalized spacial score (nSPS) is 12.7. The van der Waals surface area contributed by atoms with Crippen LogP contribution in [-0.4, -0.2) is 0 Å². The van der Waals surface area contributed by atoms with E-state index >= 15 is 0 Å². The van der Waals surface area contributed by atoms with Gasteiger partial charge < -0.3 is 0 Å². The highest BCUT2D eigenvalue weighted by atomic mass is 79.9. The standard InChI is InChI=1S/C12H13BrN2S/c1-8-2-4-9(5-3-8)12(15-14)10-6-11(13)16-7-10/h2-7,12,15H,14H2,1H3. The zero-order valence-corrected chi connectivity index (χ0v) is 11.3. The monoisotopic (exact) mass is 296 g/mol. The summed E-state index contributed by atoms with van der Waals surface area (Å²) in [6.45, 7) is 2.08. The first-order valence-corrected chi connectivity index (χ1v) is 6.64. The Bertz CT molecular complexity index is 464. The topological polar surface area (TPSA) is 38.0 Å². The molecule has 0 amide bonds. The van der Waals surface area contributed by atoms with Gasteiger partial charge in [0.1, 0.15) is 0 Å². The average molecular weight is 297 g/mol. The second kappa shape index (κ2) is 5.10. The summed E-state index contributed by atoms with van der Waals surface area (Å²) in [5.74, 6) is 5.62. The van der Waals surface area contributed by atoms with Gasteiger partial charge in [-0.25, -0.2) is 5.43 Å². The third-order valence-corrected chi connectivity index (χ3v) is 4.02. The van der Waals surface area contributed by atoms with E-state index in [0.717, 1.165) is 3.79 Å². The van der Waals surface area contributed by atoms with E-state index in [9.17, 15) is 0 Å². The van der Waals surface area contributed by atoms with Crippen molar-refractivity contribution < 1.29 is 0 Å². The van der Waals surface area contributed by atoms with Crippen molar-refractivity contribution in [2.75, 3.05) is 0 Å². The van der Waals surface area contributed by atoms with Gasteiger partial charge in [-0.2, -0.15) is 0 Å². The average Bonchev–Trinajstić information content (AvgIpc) is 2.69. The summed E-state index contributed by atoms with van der Waals surface area (Å²) >= 11 is 5.13. The van der Waals surface area contributed by atoms with Gasteiger partial charge in [-0.15, -0.1) is 11.3 Å². The number of aryl methyl sites for hydroxylation is 1. The van der Waals surface area contributed by atoms with Gasteiger partial charge in [0.05, 0.1) is 9.83 Å². The fourth-order valence-electron chi connectivity index (χ4n) is 1.62. The molecule has 1 aromatic carbocycles. The summed E-state index contributed by atoms with van der Waals surface area (Å²) in [4.78, 5) is 0. The third kappa shape index (κ3) is 2.52. The van der Waals surface area contributed by atoms with E-state index in [1.54, 1.807) is 11.3 Å². The fourth-order valence-corrected chi connectivity index (χ4v) is 2.82. The molecule has 1 atom stereocenters. The van der Waals surface area contributed by atoms with Crippen molar-refractivity contribution in [3.63, 3.8) is 0 Å². The number of thiophene rings is 1. The van der Waals surface area contributed by atoms with Gasteiger partial charge in [0.15, 0.2) is 0 Å². The van der Waals surface area contributed by atoms with Crippen LogP contribution < -0.4 is 11.3 Å². The van der Waals surface area contributed by atoms with Gasteiger partial charge in [-0.05, 0) is 45.4 Å². The van der Waals surface area contributed by atoms with Crippen LogP contribution in [0.5, 0.6) is 0 Å². The Hall–Kier alpha value is -0.680. The van der Waals surface area contributed by atoms with Crippen LogP contribution in [0.25, 0.3) is 0 Å². The lowest BCUT2D eigenvalue weighted by Crippen LogP contribution is -2.28. The second-order valence-corrected chi connectivity index (χ2v) is 5.98. The molecule has 3 N–H and O–H groups in total. The van der Waals surface area contributed by atoms with Crippen LogP contribution in [0.1, 0.15) is 22.7 Å². The van der Waals surface area contributed by atoms with Crippen LogP contribution in [0, 0.1) is 6.92 Å². The van der Waals surface area contributed by atoms with Crippen LogP contribution in [0.15, 0.2) is 39.5 Å². The molecule has 84 valence electrons. The van der Waals surface area contributed by atoms with E-state index in [0.29, 0.717) is 0 Å². The number of nitrogens with one attached hydrogen (secondary N) is 1. The second-order valence-electron chi connectivity index (χ2n) is 3.69. The van der Waals surface area contributed by atoms with Gasteiger partial charge in [0, 0.05) is 0 Å². The highest BCUT2D eigenvalue weighted by molar-refractivity contribution is 9.11. The number of hydrazine groups is 1. The number of benzene rings is 1. The third-order valence-electron chi connectivity index (χ3n) is 2.50. The van der Waals surface area contributed by atoms with Crippen LogP contribution in [0.2, 0.25) is 0 Å². The lowest BCUT2D eigenvalue weighted by atomic mass is 10.0. The minimum absolute atomic E-state index is 0.0585. The molecule has 0 fully saturated rings. The molecule has 0 bridgehead atoms. The van der Waals surface area contributed by atoms with Gasteiger partial charge in [0.2, 0.25) is 0 Å². The Labute approximate surface area is 108 Å². The predicted molar refractivity (Wildman–Crippen MR) is 72.4 cm³/mol. The lowest BCUT2D eigenvalue weighted by molar-refractivity contribution is 0.638. The highest BCUT2D eigenvalue weighted by Gasteiger charge is 2.13. The smallest absolute Gasteiger partial charge is 0.0718 e. The summed E-state index contributed by atoms with van der Waals surface area (Å²) < 4.78 is 1.12. The molecule has 0 aliphatic rings. The molecule has 0 aliphatic heterocycles. The molecule has 1 heterocycles. The van der Waals surface area contributed by atoms with Crippen LogP contribution >= 0.6 is 27.3 Å². The Morgan fingerprint density at radius 3 is 2.44 bits per heavy atom. The molecule has 0 spiro atoms. The number of halogens is 1. The molecule has 0 saturated heterocycles. The van der Waals surface area contributed by atoms with E-state index < -0.39 is 0 Å². The Morgan fingerprint density at radius 1 is 1.25 bits per heavy atom. The highest BCUT2D eigenvalue weighted by Crippen LogP contribution is 2.28. The maximum Gasteiger partial charge on any atom is 0.0718 e. The molecule has 1 aromatic heterocycles. The van der Waals surface area contributed by atoms with Gasteiger partial charge in [-0.1, -0.05) is 29.8 Å². The van der Waals surface area contributed by atoms with Crippen molar-refractivity contribution in [1.29, 1.82) is 0 Å². The van der Waals surface area contributed by atoms with E-state index in [2.05, 4.69) is 64.0 Å². The van der Waals surface area contributed by atoms with E-state index in [1.165, 1.54) is 16.7 Å². The molecule has 2 nitrogen and oxygen atoms in total. The molecule has 4 heteroatoms. The Morgan fingerprint density at radius 2 is 1.94 bits per heavy atom. The van der Waals surface area contributed by atoms with Crippen molar-refractivity contribution in [2.24, 2.45) is 5.84 Å². The molecule has 0 aliphatic carbocycles. The van der Waals surface area contributed by atoms with Gasteiger partial charge in [-0.3, -0.25) is 5.84 Å². The Kier molecular flexibility index (Phi) is 3.76. The molecule has 1 unspecified atom stereocenters. The number of hydrogen-bond acceptors (Lipinski definition) is 3. The SMILES string of the molecule is Cc1ccc(C(NN)c2csc(Br)c2)cc1. The van der Waals surface area contributed by atoms with Gasteiger partial charge in [0.25, 0.3) is 0 Å². The first-order valence-electron chi connectivity index (χ1n) is 4.97. The largest absolute Gasteiger partial charge is 0.271 e. The summed E-state index contributed by atoms with van der Waals surface area (Å²) in [5, 5.41) is 2.11. The molecular formula is C12H13BrN2S. The maximum absolute atomic E-state index is 5.62. The van der Waals surface area contributed by atoms with Crippen LogP contribution in [-0.2, 0) is 0 Å². The minimum atomic E-state index is 0.0585. The fraction of sp³-hybridized carbons (Fsp3) is 0.167. The maximum atomic E-state index is 5.62. The summed E-state index contributed by atoms with van der Waals surface area (Å²) in [5.41, 5.74) is 6.47.